The lowest BCUT2D eigenvalue weighted by Gasteiger charge is -2.21. The maximum atomic E-state index is 5.85. The van der Waals surface area contributed by atoms with Crippen LogP contribution in [-0.2, 0) is 6.42 Å². The molecule has 2 rings (SSSR count). The van der Waals surface area contributed by atoms with E-state index in [1.165, 1.54) is 16.1 Å². The van der Waals surface area contributed by atoms with Gasteiger partial charge in [-0.1, -0.05) is 6.07 Å². The van der Waals surface area contributed by atoms with Crippen molar-refractivity contribution in [2.45, 2.75) is 24.3 Å². The van der Waals surface area contributed by atoms with Gasteiger partial charge in [0.05, 0.1) is 0 Å². The smallest absolute Gasteiger partial charge is 0.0411 e. The normalized spacial score (nSPS) is 16.6. The van der Waals surface area contributed by atoms with Crippen molar-refractivity contribution in [1.29, 1.82) is 0 Å². The molecule has 15 heavy (non-hydrogen) atoms. The molecule has 1 atom stereocenters. The average molecular weight is 222 g/mol. The highest BCUT2D eigenvalue weighted by Crippen LogP contribution is 2.31. The highest BCUT2D eigenvalue weighted by Gasteiger charge is 2.19. The molecule has 0 unspecified atom stereocenters. The molecule has 1 heterocycles. The van der Waals surface area contributed by atoms with Crippen LogP contribution in [0.4, 0.5) is 5.69 Å². The summed E-state index contributed by atoms with van der Waals surface area (Å²) in [4.78, 5) is 3.74. The Morgan fingerprint density at radius 2 is 2.33 bits per heavy atom. The number of thioether (sulfide) groups is 1. The lowest BCUT2D eigenvalue weighted by molar-refractivity contribution is 0.693. The monoisotopic (exact) mass is 222 g/mol. The minimum atomic E-state index is 0.244. The van der Waals surface area contributed by atoms with E-state index in [0.717, 1.165) is 19.5 Å². The van der Waals surface area contributed by atoms with Gasteiger partial charge >= 0.3 is 0 Å². The van der Waals surface area contributed by atoms with Gasteiger partial charge < -0.3 is 10.6 Å². The van der Waals surface area contributed by atoms with Crippen LogP contribution in [0.3, 0.4) is 0 Å². The molecule has 0 bridgehead atoms. The van der Waals surface area contributed by atoms with Crippen molar-refractivity contribution in [1.82, 2.24) is 0 Å². The van der Waals surface area contributed by atoms with Crippen LogP contribution < -0.4 is 10.6 Å². The van der Waals surface area contributed by atoms with Gasteiger partial charge in [0.2, 0.25) is 0 Å². The molecule has 0 radical (unpaired) electrons. The number of benzene rings is 1. The maximum absolute atomic E-state index is 5.85. The van der Waals surface area contributed by atoms with Gasteiger partial charge in [-0.05, 0) is 37.3 Å². The molecule has 3 heteroatoms. The third kappa shape index (κ3) is 2.29. The van der Waals surface area contributed by atoms with Crippen LogP contribution in [0.15, 0.2) is 23.1 Å². The molecule has 1 aromatic rings. The molecule has 1 aromatic carbocycles. The van der Waals surface area contributed by atoms with Crippen molar-refractivity contribution in [3.8, 4) is 0 Å². The second-order valence-electron chi connectivity index (χ2n) is 4.17. The van der Waals surface area contributed by atoms with Crippen molar-refractivity contribution < 1.29 is 0 Å². The molecule has 1 aliphatic heterocycles. The third-order valence-corrected chi connectivity index (χ3v) is 3.52. The van der Waals surface area contributed by atoms with Crippen LogP contribution >= 0.6 is 11.8 Å². The van der Waals surface area contributed by atoms with Gasteiger partial charge in [0, 0.05) is 29.7 Å². The number of hydrogen-bond donors (Lipinski definition) is 1. The zero-order valence-corrected chi connectivity index (χ0v) is 10.2. The van der Waals surface area contributed by atoms with Crippen LogP contribution in [-0.4, -0.2) is 25.4 Å². The fourth-order valence-corrected chi connectivity index (χ4v) is 2.52. The standard InChI is InChI=1S/C12H18N2S/c1-9(13)8-14-6-5-10-3-4-11(15-2)7-12(10)14/h3-4,7,9H,5-6,8,13H2,1-2H3/t9-/m0/s1. The molecule has 1 aliphatic rings. The summed E-state index contributed by atoms with van der Waals surface area (Å²) < 4.78 is 0. The number of rotatable bonds is 3. The van der Waals surface area contributed by atoms with E-state index in [9.17, 15) is 0 Å². The van der Waals surface area contributed by atoms with Gasteiger partial charge in [-0.2, -0.15) is 0 Å². The van der Waals surface area contributed by atoms with Crippen molar-refractivity contribution in [2.75, 3.05) is 24.2 Å². The van der Waals surface area contributed by atoms with Crippen LogP contribution in [0.2, 0.25) is 0 Å². The number of nitrogens with zero attached hydrogens (tertiary/aromatic N) is 1. The van der Waals surface area contributed by atoms with Crippen LogP contribution in [0.25, 0.3) is 0 Å². The molecule has 0 aliphatic carbocycles. The van der Waals surface area contributed by atoms with Crippen LogP contribution in [0, 0.1) is 0 Å². The fraction of sp³-hybridized carbons (Fsp3) is 0.500. The quantitative estimate of drug-likeness (QED) is 0.794. The minimum absolute atomic E-state index is 0.244. The first kappa shape index (κ1) is 10.8. The molecule has 0 aromatic heterocycles. The maximum Gasteiger partial charge on any atom is 0.0411 e. The zero-order valence-electron chi connectivity index (χ0n) is 9.36. The first-order valence-electron chi connectivity index (χ1n) is 5.38. The lowest BCUT2D eigenvalue weighted by Crippen LogP contribution is -2.34. The Bertz CT molecular complexity index is 349. The Balaban J connectivity index is 2.23. The van der Waals surface area contributed by atoms with Crippen LogP contribution in [0.1, 0.15) is 12.5 Å². The van der Waals surface area contributed by atoms with Crippen molar-refractivity contribution >= 4 is 17.4 Å². The molecule has 0 fully saturated rings. The average Bonchev–Trinajstić information content (AvgIpc) is 2.60. The number of fused-ring (bicyclic) bond motifs is 1. The first-order valence-corrected chi connectivity index (χ1v) is 6.60. The topological polar surface area (TPSA) is 29.3 Å². The second kappa shape index (κ2) is 4.45. The highest BCUT2D eigenvalue weighted by atomic mass is 32.2. The molecule has 0 saturated carbocycles. The van der Waals surface area contributed by atoms with Crippen molar-refractivity contribution in [2.24, 2.45) is 5.73 Å². The van der Waals surface area contributed by atoms with E-state index in [0.29, 0.717) is 0 Å². The molecule has 0 saturated heterocycles. The number of hydrogen-bond acceptors (Lipinski definition) is 3. The Kier molecular flexibility index (Phi) is 3.22. The van der Waals surface area contributed by atoms with E-state index in [-0.39, 0.29) is 6.04 Å². The highest BCUT2D eigenvalue weighted by molar-refractivity contribution is 7.98. The molecule has 82 valence electrons. The number of nitrogens with two attached hydrogens (primary N) is 1. The predicted molar refractivity (Wildman–Crippen MR) is 67.8 cm³/mol. The third-order valence-electron chi connectivity index (χ3n) is 2.79. The van der Waals surface area contributed by atoms with Gasteiger partial charge in [0.15, 0.2) is 0 Å². The summed E-state index contributed by atoms with van der Waals surface area (Å²) >= 11 is 1.80. The minimum Gasteiger partial charge on any atom is -0.369 e. The molecule has 0 spiro atoms. The molecular weight excluding hydrogens is 204 g/mol. The molecule has 2 N–H and O–H groups in total. The Morgan fingerprint density at radius 3 is 3.00 bits per heavy atom. The fourth-order valence-electron chi connectivity index (χ4n) is 2.09. The first-order chi connectivity index (χ1) is 7.20. The van der Waals surface area contributed by atoms with Gasteiger partial charge in [-0.15, -0.1) is 11.8 Å². The summed E-state index contributed by atoms with van der Waals surface area (Å²) in [5.74, 6) is 0. The summed E-state index contributed by atoms with van der Waals surface area (Å²) in [7, 11) is 0. The molecule has 2 nitrogen and oxygen atoms in total. The molecular formula is C12H18N2S. The van der Waals surface area contributed by atoms with Gasteiger partial charge in [0.25, 0.3) is 0 Å². The summed E-state index contributed by atoms with van der Waals surface area (Å²) in [6.07, 6.45) is 3.28. The van der Waals surface area contributed by atoms with E-state index in [1.807, 2.05) is 0 Å². The van der Waals surface area contributed by atoms with Gasteiger partial charge in [0.1, 0.15) is 0 Å². The van der Waals surface area contributed by atoms with E-state index in [1.54, 1.807) is 11.8 Å². The van der Waals surface area contributed by atoms with E-state index >= 15 is 0 Å². The summed E-state index contributed by atoms with van der Waals surface area (Å²) in [6, 6.07) is 6.99. The predicted octanol–water partition coefficient (Wildman–Crippen LogP) is 2.12. The van der Waals surface area contributed by atoms with Gasteiger partial charge in [-0.3, -0.25) is 0 Å². The zero-order chi connectivity index (χ0) is 10.8. The van der Waals surface area contributed by atoms with E-state index in [4.69, 9.17) is 5.73 Å². The SMILES string of the molecule is CSc1ccc2c(c1)N(C[C@H](C)N)CC2. The summed E-state index contributed by atoms with van der Waals surface area (Å²) in [6.45, 7) is 4.15. The summed E-state index contributed by atoms with van der Waals surface area (Å²) in [5, 5.41) is 0. The van der Waals surface area contributed by atoms with Crippen molar-refractivity contribution in [3.05, 3.63) is 23.8 Å². The Hall–Kier alpha value is -0.670. The molecule has 0 amide bonds. The van der Waals surface area contributed by atoms with E-state index < -0.39 is 0 Å². The lowest BCUT2D eigenvalue weighted by atomic mass is 10.2. The Labute approximate surface area is 95.8 Å². The Morgan fingerprint density at radius 1 is 1.53 bits per heavy atom. The summed E-state index contributed by atoms with van der Waals surface area (Å²) in [5.41, 5.74) is 8.71. The van der Waals surface area contributed by atoms with Crippen LogP contribution in [0.5, 0.6) is 0 Å². The largest absolute Gasteiger partial charge is 0.369 e. The van der Waals surface area contributed by atoms with E-state index in [2.05, 4.69) is 36.3 Å². The number of anilines is 1. The van der Waals surface area contributed by atoms with Crippen molar-refractivity contribution in [3.63, 3.8) is 0 Å². The van der Waals surface area contributed by atoms with Gasteiger partial charge in [-0.25, -0.2) is 0 Å². The second-order valence-corrected chi connectivity index (χ2v) is 5.05.